The molecule has 1 amide bonds. The number of hydrogen-bond acceptors (Lipinski definition) is 4. The second kappa shape index (κ2) is 7.28. The average molecular weight is 285 g/mol. The predicted octanol–water partition coefficient (Wildman–Crippen LogP) is 2.10. The molecule has 2 N–H and O–H groups in total. The van der Waals surface area contributed by atoms with Crippen LogP contribution in [0.1, 0.15) is 15.9 Å². The first-order valence-corrected chi connectivity index (χ1v) is 6.77. The molecule has 0 saturated carbocycles. The third-order valence-corrected chi connectivity index (χ3v) is 3.19. The molecule has 0 aliphatic heterocycles. The van der Waals surface area contributed by atoms with Gasteiger partial charge in [0, 0.05) is 19.8 Å². The second-order valence-electron chi connectivity index (χ2n) is 4.53. The molecule has 0 aliphatic rings. The Hall–Kier alpha value is -2.56. The number of amides is 1. The Morgan fingerprint density at radius 3 is 2.67 bits per heavy atom. The van der Waals surface area contributed by atoms with E-state index in [9.17, 15) is 4.79 Å². The highest BCUT2D eigenvalue weighted by Gasteiger charge is 2.09. The standard InChI is InChI=1S/C16H19N3O2/c1-17-15-11-18-9-8-14(15)16(20)19-10-7-12-3-5-13(21-2)6-4-12/h3-6,8-9,11,17H,7,10H2,1-2H3,(H,19,20). The Morgan fingerprint density at radius 1 is 1.24 bits per heavy atom. The smallest absolute Gasteiger partial charge is 0.253 e. The van der Waals surface area contributed by atoms with Gasteiger partial charge in [-0.2, -0.15) is 0 Å². The Morgan fingerprint density at radius 2 is 2.00 bits per heavy atom. The summed E-state index contributed by atoms with van der Waals surface area (Å²) in [6, 6.07) is 9.53. The molecule has 0 radical (unpaired) electrons. The fraction of sp³-hybridized carbons (Fsp3) is 0.250. The van der Waals surface area contributed by atoms with Crippen LogP contribution in [0.2, 0.25) is 0 Å². The van der Waals surface area contributed by atoms with Crippen LogP contribution in [-0.2, 0) is 6.42 Å². The Kier molecular flexibility index (Phi) is 5.15. The molecule has 0 saturated heterocycles. The van der Waals surface area contributed by atoms with Crippen molar-refractivity contribution < 1.29 is 9.53 Å². The highest BCUT2D eigenvalue weighted by atomic mass is 16.5. The predicted molar refractivity (Wildman–Crippen MR) is 82.8 cm³/mol. The van der Waals surface area contributed by atoms with E-state index >= 15 is 0 Å². The fourth-order valence-corrected chi connectivity index (χ4v) is 2.00. The lowest BCUT2D eigenvalue weighted by atomic mass is 10.1. The van der Waals surface area contributed by atoms with Crippen molar-refractivity contribution in [3.05, 3.63) is 53.9 Å². The summed E-state index contributed by atoms with van der Waals surface area (Å²) in [6.07, 6.45) is 4.02. The molecule has 21 heavy (non-hydrogen) atoms. The van der Waals surface area contributed by atoms with Gasteiger partial charge >= 0.3 is 0 Å². The SMILES string of the molecule is CNc1cnccc1C(=O)NCCc1ccc(OC)cc1. The number of nitrogens with one attached hydrogen (secondary N) is 2. The lowest BCUT2D eigenvalue weighted by Gasteiger charge is -2.09. The Labute approximate surface area is 124 Å². The maximum atomic E-state index is 12.1. The van der Waals surface area contributed by atoms with Gasteiger partial charge < -0.3 is 15.4 Å². The van der Waals surface area contributed by atoms with Crippen molar-refractivity contribution in [3.63, 3.8) is 0 Å². The maximum absolute atomic E-state index is 12.1. The summed E-state index contributed by atoms with van der Waals surface area (Å²) in [5.41, 5.74) is 2.47. The van der Waals surface area contributed by atoms with Crippen molar-refractivity contribution in [2.24, 2.45) is 0 Å². The summed E-state index contributed by atoms with van der Waals surface area (Å²) in [6.45, 7) is 0.580. The van der Waals surface area contributed by atoms with Gasteiger partial charge in [0.2, 0.25) is 0 Å². The van der Waals surface area contributed by atoms with Gasteiger partial charge in [0.1, 0.15) is 5.75 Å². The monoisotopic (exact) mass is 285 g/mol. The van der Waals surface area contributed by atoms with E-state index in [1.807, 2.05) is 24.3 Å². The van der Waals surface area contributed by atoms with E-state index in [2.05, 4.69) is 15.6 Å². The molecule has 2 rings (SSSR count). The van der Waals surface area contributed by atoms with Gasteiger partial charge in [0.05, 0.1) is 24.6 Å². The number of benzene rings is 1. The summed E-state index contributed by atoms with van der Waals surface area (Å²) in [4.78, 5) is 16.1. The van der Waals surface area contributed by atoms with Crippen LogP contribution in [0.3, 0.4) is 0 Å². The molecule has 2 aromatic rings. The number of methoxy groups -OCH3 is 1. The third kappa shape index (κ3) is 3.95. The third-order valence-electron chi connectivity index (χ3n) is 3.19. The first-order valence-electron chi connectivity index (χ1n) is 6.77. The topological polar surface area (TPSA) is 63.2 Å². The Bertz CT molecular complexity index is 597. The van der Waals surface area contributed by atoms with Crippen LogP contribution in [0.4, 0.5) is 5.69 Å². The van der Waals surface area contributed by atoms with Gasteiger partial charge in [-0.05, 0) is 30.2 Å². The number of carbonyl (C=O) groups is 1. The molecule has 1 aromatic carbocycles. The zero-order valence-corrected chi connectivity index (χ0v) is 12.2. The molecule has 110 valence electrons. The van der Waals surface area contributed by atoms with Crippen molar-refractivity contribution >= 4 is 11.6 Å². The van der Waals surface area contributed by atoms with Crippen LogP contribution in [0.15, 0.2) is 42.7 Å². The summed E-state index contributed by atoms with van der Waals surface area (Å²) >= 11 is 0. The van der Waals surface area contributed by atoms with E-state index < -0.39 is 0 Å². The number of hydrogen-bond donors (Lipinski definition) is 2. The first-order chi connectivity index (χ1) is 10.2. The van der Waals surface area contributed by atoms with Crippen molar-refractivity contribution in [1.82, 2.24) is 10.3 Å². The highest BCUT2D eigenvalue weighted by molar-refractivity contribution is 5.99. The normalized spacial score (nSPS) is 10.0. The van der Waals surface area contributed by atoms with Crippen molar-refractivity contribution in [2.75, 3.05) is 26.0 Å². The molecule has 5 nitrogen and oxygen atoms in total. The van der Waals surface area contributed by atoms with Gasteiger partial charge in [-0.3, -0.25) is 9.78 Å². The van der Waals surface area contributed by atoms with Crippen molar-refractivity contribution in [1.29, 1.82) is 0 Å². The van der Waals surface area contributed by atoms with Crippen molar-refractivity contribution in [2.45, 2.75) is 6.42 Å². The van der Waals surface area contributed by atoms with E-state index in [4.69, 9.17) is 4.74 Å². The average Bonchev–Trinajstić information content (AvgIpc) is 2.55. The molecule has 5 heteroatoms. The molecule has 0 atom stereocenters. The van der Waals surface area contributed by atoms with E-state index in [0.29, 0.717) is 12.1 Å². The zero-order valence-electron chi connectivity index (χ0n) is 12.2. The summed E-state index contributed by atoms with van der Waals surface area (Å²) in [5, 5.41) is 5.87. The first kappa shape index (κ1) is 14.8. The number of rotatable bonds is 6. The number of aromatic nitrogens is 1. The zero-order chi connectivity index (χ0) is 15.1. The molecular weight excluding hydrogens is 266 g/mol. The molecular formula is C16H19N3O2. The summed E-state index contributed by atoms with van der Waals surface area (Å²) in [7, 11) is 3.41. The van der Waals surface area contributed by atoms with E-state index in [1.165, 1.54) is 0 Å². The minimum Gasteiger partial charge on any atom is -0.497 e. The quantitative estimate of drug-likeness (QED) is 0.853. The van der Waals surface area contributed by atoms with Crippen molar-refractivity contribution in [3.8, 4) is 5.75 Å². The van der Waals surface area contributed by atoms with Gasteiger partial charge in [0.15, 0.2) is 0 Å². The van der Waals surface area contributed by atoms with Gasteiger partial charge in [0.25, 0.3) is 5.91 Å². The van der Waals surface area contributed by atoms with Gasteiger partial charge in [-0.1, -0.05) is 12.1 Å². The lowest BCUT2D eigenvalue weighted by Crippen LogP contribution is -2.26. The number of nitrogens with zero attached hydrogens (tertiary/aromatic N) is 1. The van der Waals surface area contributed by atoms with Gasteiger partial charge in [-0.15, -0.1) is 0 Å². The maximum Gasteiger partial charge on any atom is 0.253 e. The number of ether oxygens (including phenoxy) is 1. The summed E-state index contributed by atoms with van der Waals surface area (Å²) < 4.78 is 5.11. The van der Waals surface area contributed by atoms with Crippen LogP contribution >= 0.6 is 0 Å². The van der Waals surface area contributed by atoms with Crippen LogP contribution < -0.4 is 15.4 Å². The number of carbonyl (C=O) groups excluding carboxylic acids is 1. The fourth-order valence-electron chi connectivity index (χ4n) is 2.00. The number of anilines is 1. The molecule has 1 aromatic heterocycles. The van der Waals surface area contributed by atoms with Crippen LogP contribution in [-0.4, -0.2) is 31.6 Å². The Balaban J connectivity index is 1.89. The van der Waals surface area contributed by atoms with Gasteiger partial charge in [-0.25, -0.2) is 0 Å². The summed E-state index contributed by atoms with van der Waals surface area (Å²) in [5.74, 6) is 0.730. The second-order valence-corrected chi connectivity index (χ2v) is 4.53. The van der Waals surface area contributed by atoms with Crippen LogP contribution in [0.25, 0.3) is 0 Å². The minimum absolute atomic E-state index is 0.102. The molecule has 0 spiro atoms. The number of pyridine rings is 1. The largest absolute Gasteiger partial charge is 0.497 e. The van der Waals surface area contributed by atoms with Crippen LogP contribution in [0, 0.1) is 0 Å². The highest BCUT2D eigenvalue weighted by Crippen LogP contribution is 2.13. The van der Waals surface area contributed by atoms with Crippen LogP contribution in [0.5, 0.6) is 5.75 Å². The molecule has 0 bridgehead atoms. The van der Waals surface area contributed by atoms with E-state index in [1.54, 1.807) is 32.6 Å². The minimum atomic E-state index is -0.102. The molecule has 0 unspecified atom stereocenters. The van der Waals surface area contributed by atoms with E-state index in [0.717, 1.165) is 23.4 Å². The molecule has 0 aliphatic carbocycles. The molecule has 0 fully saturated rings. The lowest BCUT2D eigenvalue weighted by molar-refractivity contribution is 0.0955. The molecule has 1 heterocycles. The van der Waals surface area contributed by atoms with E-state index in [-0.39, 0.29) is 5.91 Å².